The fourth-order valence-electron chi connectivity index (χ4n) is 1.64. The van der Waals surface area contributed by atoms with Gasteiger partial charge in [-0.2, -0.15) is 0 Å². The SMILES string of the molecule is C=C(NNC(=O)CNc1ccccc1)c1ccccc1. The molecule has 0 aliphatic rings. The highest BCUT2D eigenvalue weighted by Gasteiger charge is 2.02. The molecule has 2 aromatic carbocycles. The van der Waals surface area contributed by atoms with Gasteiger partial charge in [0.1, 0.15) is 0 Å². The Morgan fingerprint density at radius 1 is 0.900 bits per heavy atom. The summed E-state index contributed by atoms with van der Waals surface area (Å²) in [6.07, 6.45) is 0. The molecule has 0 saturated heterocycles. The fourth-order valence-corrected chi connectivity index (χ4v) is 1.64. The summed E-state index contributed by atoms with van der Waals surface area (Å²) in [5.74, 6) is -0.161. The Morgan fingerprint density at radius 3 is 2.15 bits per heavy atom. The first kappa shape index (κ1) is 13.7. The van der Waals surface area contributed by atoms with Crippen LogP contribution in [-0.2, 0) is 4.79 Å². The number of hydrazine groups is 1. The number of anilines is 1. The van der Waals surface area contributed by atoms with E-state index in [1.54, 1.807) is 0 Å². The standard InChI is InChI=1S/C16H17N3O/c1-13(14-8-4-2-5-9-14)18-19-16(20)12-17-15-10-6-3-7-11-15/h2-11,17-18H,1,12H2,(H,19,20). The Labute approximate surface area is 118 Å². The van der Waals surface area contributed by atoms with Crippen molar-refractivity contribution in [1.82, 2.24) is 10.9 Å². The Hall–Kier alpha value is -2.75. The van der Waals surface area contributed by atoms with Crippen LogP contribution in [0.5, 0.6) is 0 Å². The van der Waals surface area contributed by atoms with Gasteiger partial charge in [0.05, 0.1) is 12.2 Å². The Balaban J connectivity index is 1.74. The van der Waals surface area contributed by atoms with Crippen molar-refractivity contribution in [2.75, 3.05) is 11.9 Å². The van der Waals surface area contributed by atoms with Crippen molar-refractivity contribution in [3.8, 4) is 0 Å². The minimum atomic E-state index is -0.161. The number of nitrogens with one attached hydrogen (secondary N) is 3. The van der Waals surface area contributed by atoms with Crippen LogP contribution in [-0.4, -0.2) is 12.5 Å². The lowest BCUT2D eigenvalue weighted by Crippen LogP contribution is -2.39. The van der Waals surface area contributed by atoms with Crippen molar-refractivity contribution < 1.29 is 4.79 Å². The van der Waals surface area contributed by atoms with E-state index in [1.165, 1.54) is 0 Å². The number of carbonyl (C=O) groups is 1. The van der Waals surface area contributed by atoms with Gasteiger partial charge >= 0.3 is 0 Å². The van der Waals surface area contributed by atoms with Crippen molar-refractivity contribution in [3.05, 3.63) is 72.8 Å². The van der Waals surface area contributed by atoms with Gasteiger partial charge in [-0.3, -0.25) is 15.6 Å². The van der Waals surface area contributed by atoms with Crippen LogP contribution in [0.2, 0.25) is 0 Å². The van der Waals surface area contributed by atoms with Crippen molar-refractivity contribution in [2.45, 2.75) is 0 Å². The van der Waals surface area contributed by atoms with Crippen molar-refractivity contribution in [3.63, 3.8) is 0 Å². The molecular formula is C16H17N3O. The van der Waals surface area contributed by atoms with E-state index in [-0.39, 0.29) is 12.5 Å². The molecule has 0 unspecified atom stereocenters. The van der Waals surface area contributed by atoms with Crippen LogP contribution in [0.3, 0.4) is 0 Å². The summed E-state index contributed by atoms with van der Waals surface area (Å²) in [5.41, 5.74) is 7.89. The van der Waals surface area contributed by atoms with Gasteiger partial charge in [0.2, 0.25) is 0 Å². The highest BCUT2D eigenvalue weighted by atomic mass is 16.2. The summed E-state index contributed by atoms with van der Waals surface area (Å²) < 4.78 is 0. The van der Waals surface area contributed by atoms with E-state index in [1.807, 2.05) is 60.7 Å². The molecule has 0 heterocycles. The molecule has 20 heavy (non-hydrogen) atoms. The molecular weight excluding hydrogens is 250 g/mol. The first-order valence-corrected chi connectivity index (χ1v) is 6.34. The lowest BCUT2D eigenvalue weighted by Gasteiger charge is -2.12. The number of para-hydroxylation sites is 1. The predicted octanol–water partition coefficient (Wildman–Crippen LogP) is 2.39. The minimum absolute atomic E-state index is 0.161. The first-order valence-electron chi connectivity index (χ1n) is 6.34. The number of amides is 1. The van der Waals surface area contributed by atoms with Crippen LogP contribution >= 0.6 is 0 Å². The van der Waals surface area contributed by atoms with Crippen molar-refractivity contribution >= 4 is 17.3 Å². The Bertz CT molecular complexity index is 567. The van der Waals surface area contributed by atoms with Gasteiger partial charge in [0.25, 0.3) is 5.91 Å². The molecule has 0 saturated carbocycles. The van der Waals surface area contributed by atoms with Crippen molar-refractivity contribution in [1.29, 1.82) is 0 Å². The van der Waals surface area contributed by atoms with Gasteiger partial charge in [0.15, 0.2) is 0 Å². The summed E-state index contributed by atoms with van der Waals surface area (Å²) in [6.45, 7) is 4.06. The molecule has 0 bridgehead atoms. The van der Waals surface area contributed by atoms with E-state index in [2.05, 4.69) is 22.7 Å². The molecule has 0 aliphatic heterocycles. The largest absolute Gasteiger partial charge is 0.376 e. The average Bonchev–Trinajstić information content (AvgIpc) is 2.52. The van der Waals surface area contributed by atoms with E-state index in [0.29, 0.717) is 5.70 Å². The van der Waals surface area contributed by atoms with E-state index in [4.69, 9.17) is 0 Å². The lowest BCUT2D eigenvalue weighted by atomic mass is 10.2. The maximum Gasteiger partial charge on any atom is 0.257 e. The van der Waals surface area contributed by atoms with E-state index < -0.39 is 0 Å². The maximum absolute atomic E-state index is 11.7. The average molecular weight is 267 g/mol. The Kier molecular flexibility index (Phi) is 4.78. The minimum Gasteiger partial charge on any atom is -0.376 e. The number of hydrogen-bond acceptors (Lipinski definition) is 3. The second kappa shape index (κ2) is 6.99. The highest BCUT2D eigenvalue weighted by molar-refractivity contribution is 5.81. The smallest absolute Gasteiger partial charge is 0.257 e. The molecule has 0 atom stereocenters. The predicted molar refractivity (Wildman–Crippen MR) is 81.7 cm³/mol. The van der Waals surface area contributed by atoms with Gasteiger partial charge in [0, 0.05) is 5.69 Å². The third-order valence-corrected chi connectivity index (χ3v) is 2.70. The third kappa shape index (κ3) is 4.17. The van der Waals surface area contributed by atoms with Crippen LogP contribution in [0.25, 0.3) is 5.70 Å². The molecule has 1 amide bonds. The number of rotatable bonds is 6. The zero-order chi connectivity index (χ0) is 14.2. The van der Waals surface area contributed by atoms with Gasteiger partial charge in [-0.25, -0.2) is 0 Å². The van der Waals surface area contributed by atoms with Crippen LogP contribution in [0.15, 0.2) is 67.2 Å². The molecule has 4 heteroatoms. The lowest BCUT2D eigenvalue weighted by molar-refractivity contribution is -0.120. The molecule has 3 N–H and O–H groups in total. The topological polar surface area (TPSA) is 53.2 Å². The molecule has 0 aliphatic carbocycles. The number of carbonyl (C=O) groups excluding carboxylic acids is 1. The van der Waals surface area contributed by atoms with E-state index in [0.717, 1.165) is 11.3 Å². The summed E-state index contributed by atoms with van der Waals surface area (Å²) in [4.78, 5) is 11.7. The summed E-state index contributed by atoms with van der Waals surface area (Å²) in [5, 5.41) is 3.03. The summed E-state index contributed by atoms with van der Waals surface area (Å²) in [6, 6.07) is 19.2. The number of benzene rings is 2. The fraction of sp³-hybridized carbons (Fsp3) is 0.0625. The molecule has 0 radical (unpaired) electrons. The van der Waals surface area contributed by atoms with Gasteiger partial charge in [-0.15, -0.1) is 0 Å². The quantitative estimate of drug-likeness (QED) is 0.704. The summed E-state index contributed by atoms with van der Waals surface area (Å²) >= 11 is 0. The molecule has 2 aromatic rings. The normalized spacial score (nSPS) is 9.60. The van der Waals surface area contributed by atoms with Crippen LogP contribution < -0.4 is 16.2 Å². The second-order valence-electron chi connectivity index (χ2n) is 4.24. The van der Waals surface area contributed by atoms with Gasteiger partial charge < -0.3 is 5.32 Å². The van der Waals surface area contributed by atoms with Crippen LogP contribution in [0.4, 0.5) is 5.69 Å². The zero-order valence-electron chi connectivity index (χ0n) is 11.1. The molecule has 0 spiro atoms. The monoisotopic (exact) mass is 267 g/mol. The second-order valence-corrected chi connectivity index (χ2v) is 4.24. The zero-order valence-corrected chi connectivity index (χ0v) is 11.1. The van der Waals surface area contributed by atoms with Crippen molar-refractivity contribution in [2.24, 2.45) is 0 Å². The van der Waals surface area contributed by atoms with Gasteiger partial charge in [-0.05, 0) is 17.7 Å². The van der Waals surface area contributed by atoms with Crippen LogP contribution in [0.1, 0.15) is 5.56 Å². The summed E-state index contributed by atoms with van der Waals surface area (Å²) in [7, 11) is 0. The van der Waals surface area contributed by atoms with E-state index in [9.17, 15) is 4.79 Å². The first-order chi connectivity index (χ1) is 9.75. The molecule has 0 aromatic heterocycles. The van der Waals surface area contributed by atoms with Crippen LogP contribution in [0, 0.1) is 0 Å². The highest BCUT2D eigenvalue weighted by Crippen LogP contribution is 2.07. The number of hydrogen-bond donors (Lipinski definition) is 3. The molecule has 2 rings (SSSR count). The molecule has 102 valence electrons. The third-order valence-electron chi connectivity index (χ3n) is 2.70. The maximum atomic E-state index is 11.7. The van der Waals surface area contributed by atoms with E-state index >= 15 is 0 Å². The molecule has 4 nitrogen and oxygen atoms in total. The molecule has 0 fully saturated rings. The van der Waals surface area contributed by atoms with Gasteiger partial charge in [-0.1, -0.05) is 55.1 Å². The Morgan fingerprint density at radius 2 is 1.50 bits per heavy atom.